The van der Waals surface area contributed by atoms with Crippen LogP contribution in [0.15, 0.2) is 54.7 Å². The molecule has 0 spiro atoms. The van der Waals surface area contributed by atoms with Crippen LogP contribution in [-0.4, -0.2) is 45.1 Å². The highest BCUT2D eigenvalue weighted by atomic mass is 19.4. The number of amides is 1. The van der Waals surface area contributed by atoms with Gasteiger partial charge in [0.1, 0.15) is 11.5 Å². The average molecular weight is 562 g/mol. The maximum Gasteiger partial charge on any atom is 0.418 e. The summed E-state index contributed by atoms with van der Waals surface area (Å²) in [6.07, 6.45) is -6.60. The van der Waals surface area contributed by atoms with Gasteiger partial charge in [0.25, 0.3) is 5.91 Å². The van der Waals surface area contributed by atoms with Gasteiger partial charge in [-0.1, -0.05) is 0 Å². The molecule has 0 radical (unpaired) electrons. The maximum atomic E-state index is 13.6. The van der Waals surface area contributed by atoms with Crippen molar-refractivity contribution in [3.63, 3.8) is 0 Å². The smallest absolute Gasteiger partial charge is 0.376 e. The van der Waals surface area contributed by atoms with Crippen molar-refractivity contribution in [3.05, 3.63) is 71.7 Å². The number of ether oxygens (including phenoxy) is 1. The van der Waals surface area contributed by atoms with Crippen LogP contribution in [0.25, 0.3) is 22.4 Å². The van der Waals surface area contributed by atoms with Crippen LogP contribution in [0.3, 0.4) is 0 Å². The van der Waals surface area contributed by atoms with Crippen LogP contribution in [-0.2, 0) is 17.1 Å². The number of rotatable bonds is 6. The summed E-state index contributed by atoms with van der Waals surface area (Å²) in [5.41, 5.74) is -2.35. The Morgan fingerprint density at radius 1 is 0.950 bits per heavy atom. The van der Waals surface area contributed by atoms with Crippen molar-refractivity contribution >= 4 is 28.4 Å². The monoisotopic (exact) mass is 562 g/mol. The molecule has 14 heteroatoms. The Kier molecular flexibility index (Phi) is 7.27. The van der Waals surface area contributed by atoms with Crippen LogP contribution >= 0.6 is 0 Å². The predicted octanol–water partition coefficient (Wildman–Crippen LogP) is 5.78. The van der Waals surface area contributed by atoms with Gasteiger partial charge in [0, 0.05) is 25.0 Å². The maximum absolute atomic E-state index is 13.6. The molecule has 4 heterocycles. The molecule has 4 aromatic rings. The number of anilines is 2. The second kappa shape index (κ2) is 10.7. The lowest BCUT2D eigenvalue weighted by Crippen LogP contribution is -2.33. The highest BCUT2D eigenvalue weighted by Gasteiger charge is 2.35. The first-order chi connectivity index (χ1) is 19.0. The third kappa shape index (κ3) is 5.96. The summed E-state index contributed by atoms with van der Waals surface area (Å²) in [6.45, 7) is 0.770. The second-order valence-corrected chi connectivity index (χ2v) is 8.91. The van der Waals surface area contributed by atoms with Crippen LogP contribution in [0.2, 0.25) is 0 Å². The van der Waals surface area contributed by atoms with Crippen molar-refractivity contribution < 1.29 is 35.9 Å². The molecule has 1 aliphatic rings. The van der Waals surface area contributed by atoms with Gasteiger partial charge in [0.15, 0.2) is 5.65 Å². The van der Waals surface area contributed by atoms with E-state index in [-0.39, 0.29) is 46.7 Å². The Bertz CT molecular complexity index is 1540. The first-order valence-electron chi connectivity index (χ1n) is 12.0. The number of nitrogens with one attached hydrogen (secondary N) is 2. The van der Waals surface area contributed by atoms with Crippen molar-refractivity contribution in [1.29, 1.82) is 0 Å². The van der Waals surface area contributed by atoms with Gasteiger partial charge in [0.05, 0.1) is 28.3 Å². The van der Waals surface area contributed by atoms with E-state index in [2.05, 4.69) is 30.6 Å². The first-order valence-corrected chi connectivity index (χ1v) is 12.0. The minimum atomic E-state index is -4.70. The van der Waals surface area contributed by atoms with Crippen molar-refractivity contribution in [3.8, 4) is 11.4 Å². The summed E-state index contributed by atoms with van der Waals surface area (Å²) in [7, 11) is 0. The normalized spacial score (nSPS) is 15.8. The Hall–Kier alpha value is -4.33. The number of alkyl halides is 6. The zero-order chi connectivity index (χ0) is 28.5. The van der Waals surface area contributed by atoms with Crippen LogP contribution in [0.5, 0.6) is 0 Å². The van der Waals surface area contributed by atoms with Gasteiger partial charge in [-0.3, -0.25) is 9.78 Å². The quantitative estimate of drug-likeness (QED) is 0.288. The molecule has 0 saturated carbocycles. The molecule has 2 N–H and O–H groups in total. The number of fused-ring (bicyclic) bond motifs is 1. The van der Waals surface area contributed by atoms with Gasteiger partial charge in [-0.2, -0.15) is 26.3 Å². The van der Waals surface area contributed by atoms with E-state index in [4.69, 9.17) is 4.74 Å². The molecule has 0 bridgehead atoms. The van der Waals surface area contributed by atoms with Crippen molar-refractivity contribution in [1.82, 2.24) is 25.3 Å². The molecule has 1 aliphatic heterocycles. The van der Waals surface area contributed by atoms with E-state index >= 15 is 0 Å². The summed E-state index contributed by atoms with van der Waals surface area (Å²) in [6, 6.07) is 8.81. The molecule has 3 aromatic heterocycles. The minimum Gasteiger partial charge on any atom is -0.376 e. The van der Waals surface area contributed by atoms with Gasteiger partial charge < -0.3 is 15.4 Å². The second-order valence-electron chi connectivity index (χ2n) is 8.91. The molecular weight excluding hydrogens is 542 g/mol. The fraction of sp³-hybridized carbons (Fsp3) is 0.269. The van der Waals surface area contributed by atoms with E-state index < -0.39 is 35.1 Å². The summed E-state index contributed by atoms with van der Waals surface area (Å²) in [5, 5.41) is 5.73. The Morgan fingerprint density at radius 2 is 1.73 bits per heavy atom. The third-order valence-electron chi connectivity index (χ3n) is 6.11. The van der Waals surface area contributed by atoms with E-state index in [0.29, 0.717) is 6.61 Å². The fourth-order valence-electron chi connectivity index (χ4n) is 4.15. The average Bonchev–Trinajstić information content (AvgIpc) is 3.44. The van der Waals surface area contributed by atoms with Crippen LogP contribution in [0.4, 0.5) is 37.8 Å². The summed E-state index contributed by atoms with van der Waals surface area (Å²) in [5.74, 6) is -1.02. The molecule has 0 aliphatic carbocycles. The lowest BCUT2D eigenvalue weighted by Gasteiger charge is -2.14. The van der Waals surface area contributed by atoms with Gasteiger partial charge in [-0.05, 0) is 61.4 Å². The number of aromatic nitrogens is 4. The Morgan fingerprint density at radius 3 is 2.40 bits per heavy atom. The molecule has 8 nitrogen and oxygen atoms in total. The number of halogens is 6. The molecular formula is C26H20F6N6O2. The minimum absolute atomic E-state index is 0.0168. The van der Waals surface area contributed by atoms with Crippen LogP contribution in [0, 0.1) is 0 Å². The van der Waals surface area contributed by atoms with Crippen molar-refractivity contribution in [2.45, 2.75) is 31.3 Å². The van der Waals surface area contributed by atoms with E-state index in [0.717, 1.165) is 37.1 Å². The van der Waals surface area contributed by atoms with Gasteiger partial charge >= 0.3 is 12.4 Å². The lowest BCUT2D eigenvalue weighted by molar-refractivity contribution is -0.138. The number of pyridine rings is 2. The number of hydrogen-bond acceptors (Lipinski definition) is 7. The highest BCUT2D eigenvalue weighted by molar-refractivity contribution is 5.96. The number of nitrogens with zero attached hydrogens (tertiary/aromatic N) is 4. The highest BCUT2D eigenvalue weighted by Crippen LogP contribution is 2.36. The van der Waals surface area contributed by atoms with Gasteiger partial charge in [-0.25, -0.2) is 15.0 Å². The summed E-state index contributed by atoms with van der Waals surface area (Å²) in [4.78, 5) is 29.4. The standard InChI is InChI=1S/C26H20F6N6O2/c27-25(28,29)14-5-7-15(8-6-14)35-21-17-9-10-19(20-18(26(30,31)32)4-1-11-33-20)36-22(17)38-23(37-21)24(39)34-13-16-3-2-12-40-16/h1,4-11,16H,2-3,12-13H2,(H,34,39)(H,35,36,37,38). The molecule has 208 valence electrons. The first kappa shape index (κ1) is 27.2. The lowest BCUT2D eigenvalue weighted by atomic mass is 10.1. The predicted molar refractivity (Wildman–Crippen MR) is 132 cm³/mol. The summed E-state index contributed by atoms with van der Waals surface area (Å²) < 4.78 is 85.2. The Balaban J connectivity index is 1.55. The number of benzene rings is 1. The zero-order valence-corrected chi connectivity index (χ0v) is 20.5. The molecule has 1 saturated heterocycles. The molecule has 1 amide bonds. The van der Waals surface area contributed by atoms with Crippen LogP contribution in [0.1, 0.15) is 34.6 Å². The molecule has 1 atom stereocenters. The van der Waals surface area contributed by atoms with Gasteiger partial charge in [-0.15, -0.1) is 0 Å². The molecule has 40 heavy (non-hydrogen) atoms. The van der Waals surface area contributed by atoms with E-state index in [1.165, 1.54) is 30.5 Å². The number of hydrogen-bond donors (Lipinski definition) is 2. The third-order valence-corrected chi connectivity index (χ3v) is 6.11. The zero-order valence-electron chi connectivity index (χ0n) is 20.5. The molecule has 1 aromatic carbocycles. The van der Waals surface area contributed by atoms with E-state index in [1.807, 2.05) is 0 Å². The van der Waals surface area contributed by atoms with Crippen molar-refractivity contribution in [2.24, 2.45) is 0 Å². The Labute approximate surface area is 222 Å². The topological polar surface area (TPSA) is 102 Å². The number of carbonyl (C=O) groups is 1. The number of carbonyl (C=O) groups excluding carboxylic acids is 1. The largest absolute Gasteiger partial charge is 0.418 e. The van der Waals surface area contributed by atoms with Crippen LogP contribution < -0.4 is 10.6 Å². The van der Waals surface area contributed by atoms with Gasteiger partial charge in [0.2, 0.25) is 5.82 Å². The fourth-order valence-corrected chi connectivity index (χ4v) is 4.15. The van der Waals surface area contributed by atoms with E-state index in [9.17, 15) is 31.1 Å². The van der Waals surface area contributed by atoms with E-state index in [1.54, 1.807) is 0 Å². The summed E-state index contributed by atoms with van der Waals surface area (Å²) >= 11 is 0. The molecule has 5 rings (SSSR count). The molecule has 1 unspecified atom stereocenters. The molecule has 1 fully saturated rings. The van der Waals surface area contributed by atoms with Crippen molar-refractivity contribution in [2.75, 3.05) is 18.5 Å². The SMILES string of the molecule is O=C(NCC1CCCO1)c1nc(Nc2ccc(C(F)(F)F)cc2)c2ccc(-c3ncccc3C(F)(F)F)nc2n1.